The van der Waals surface area contributed by atoms with Gasteiger partial charge < -0.3 is 10.0 Å². The van der Waals surface area contributed by atoms with Gasteiger partial charge in [-0.3, -0.25) is 9.59 Å². The van der Waals surface area contributed by atoms with Gasteiger partial charge in [-0.15, -0.1) is 0 Å². The lowest BCUT2D eigenvalue weighted by atomic mass is 9.95. The number of aliphatic hydroxyl groups is 1. The lowest BCUT2D eigenvalue weighted by molar-refractivity contribution is -0.139. The number of benzene rings is 3. The molecule has 1 heterocycles. The maximum absolute atomic E-state index is 13.2. The summed E-state index contributed by atoms with van der Waals surface area (Å²) in [6.45, 7) is 2.15. The Hall–Kier alpha value is -3.44. The van der Waals surface area contributed by atoms with E-state index in [4.69, 9.17) is 11.6 Å². The highest BCUT2D eigenvalue weighted by Crippen LogP contribution is 2.39. The van der Waals surface area contributed by atoms with Gasteiger partial charge in [0.05, 0.1) is 11.6 Å². The number of amides is 1. The minimum atomic E-state index is -0.756. The number of carbonyl (C=O) groups is 2. The molecule has 1 aliphatic rings. The van der Waals surface area contributed by atoms with Crippen LogP contribution in [0.15, 0.2) is 78.4 Å². The number of aliphatic hydroxyl groups excluding tert-OH is 1. The third kappa shape index (κ3) is 4.30. The van der Waals surface area contributed by atoms with Crippen LogP contribution in [0.25, 0.3) is 5.76 Å². The summed E-state index contributed by atoms with van der Waals surface area (Å²) in [5, 5.41) is 11.6. The highest BCUT2D eigenvalue weighted by Gasteiger charge is 2.45. The predicted octanol–water partition coefficient (Wildman–Crippen LogP) is 5.45. The SMILES string of the molecule is Cc1ccc(/C(O)=C2/C(=O)C(=O)N(CCc3ccc(F)cc3)C2c2ccc(Cl)cc2)cc1. The van der Waals surface area contributed by atoms with Crippen molar-refractivity contribution in [1.29, 1.82) is 0 Å². The van der Waals surface area contributed by atoms with E-state index < -0.39 is 17.7 Å². The maximum Gasteiger partial charge on any atom is 0.295 e. The summed E-state index contributed by atoms with van der Waals surface area (Å²) in [6, 6.07) is 19.2. The van der Waals surface area contributed by atoms with E-state index in [2.05, 4.69) is 0 Å². The van der Waals surface area contributed by atoms with Crippen molar-refractivity contribution in [2.24, 2.45) is 0 Å². The van der Waals surface area contributed by atoms with Crippen LogP contribution in [0, 0.1) is 12.7 Å². The van der Waals surface area contributed by atoms with E-state index in [-0.39, 0.29) is 23.7 Å². The number of likely N-dealkylation sites (tertiary alicyclic amines) is 1. The summed E-state index contributed by atoms with van der Waals surface area (Å²) in [5.74, 6) is -1.97. The molecule has 3 aromatic rings. The van der Waals surface area contributed by atoms with E-state index in [1.807, 2.05) is 19.1 Å². The van der Waals surface area contributed by atoms with E-state index in [0.29, 0.717) is 22.6 Å². The molecule has 32 heavy (non-hydrogen) atoms. The van der Waals surface area contributed by atoms with Gasteiger partial charge in [0.1, 0.15) is 11.6 Å². The average Bonchev–Trinajstić information content (AvgIpc) is 3.04. The summed E-state index contributed by atoms with van der Waals surface area (Å²) in [6.07, 6.45) is 0.433. The Labute approximate surface area is 190 Å². The normalized spacial score (nSPS) is 17.7. The molecule has 0 aliphatic carbocycles. The Balaban J connectivity index is 1.76. The molecule has 0 saturated carbocycles. The van der Waals surface area contributed by atoms with Crippen LogP contribution in [0.4, 0.5) is 4.39 Å². The first-order valence-corrected chi connectivity index (χ1v) is 10.6. The van der Waals surface area contributed by atoms with Gasteiger partial charge in [-0.05, 0) is 48.7 Å². The maximum atomic E-state index is 13.2. The van der Waals surface area contributed by atoms with Gasteiger partial charge in [-0.25, -0.2) is 4.39 Å². The fraction of sp³-hybridized carbons (Fsp3) is 0.154. The minimum absolute atomic E-state index is 0.0419. The smallest absolute Gasteiger partial charge is 0.295 e. The molecule has 0 radical (unpaired) electrons. The minimum Gasteiger partial charge on any atom is -0.507 e. The molecule has 4 rings (SSSR count). The van der Waals surface area contributed by atoms with Gasteiger partial charge in [0.2, 0.25) is 0 Å². The van der Waals surface area contributed by atoms with Crippen LogP contribution >= 0.6 is 11.6 Å². The van der Waals surface area contributed by atoms with Crippen LogP contribution in [0.1, 0.15) is 28.3 Å². The molecule has 1 N–H and O–H groups in total. The molecule has 1 atom stereocenters. The third-order valence-corrected chi connectivity index (χ3v) is 5.86. The van der Waals surface area contributed by atoms with Crippen molar-refractivity contribution < 1.29 is 19.1 Å². The van der Waals surface area contributed by atoms with Crippen LogP contribution in [0.5, 0.6) is 0 Å². The summed E-state index contributed by atoms with van der Waals surface area (Å²) >= 11 is 6.04. The van der Waals surface area contributed by atoms with Crippen molar-refractivity contribution in [3.8, 4) is 0 Å². The highest BCUT2D eigenvalue weighted by atomic mass is 35.5. The molecule has 0 aromatic heterocycles. The molecule has 0 spiro atoms. The van der Waals surface area contributed by atoms with Crippen LogP contribution in [0.3, 0.4) is 0 Å². The van der Waals surface area contributed by atoms with E-state index in [9.17, 15) is 19.1 Å². The zero-order valence-corrected chi connectivity index (χ0v) is 18.1. The Morgan fingerprint density at radius 3 is 2.22 bits per heavy atom. The van der Waals surface area contributed by atoms with Gasteiger partial charge in [0.15, 0.2) is 0 Å². The van der Waals surface area contributed by atoms with Crippen LogP contribution in [-0.2, 0) is 16.0 Å². The Morgan fingerprint density at radius 1 is 0.969 bits per heavy atom. The molecule has 1 saturated heterocycles. The number of carbonyl (C=O) groups excluding carboxylic acids is 2. The molecule has 1 unspecified atom stereocenters. The summed E-state index contributed by atoms with van der Waals surface area (Å²) in [7, 11) is 0. The molecule has 1 fully saturated rings. The molecule has 6 heteroatoms. The van der Waals surface area contributed by atoms with E-state index in [1.165, 1.54) is 17.0 Å². The number of hydrogen-bond acceptors (Lipinski definition) is 3. The topological polar surface area (TPSA) is 57.6 Å². The molecule has 4 nitrogen and oxygen atoms in total. The van der Waals surface area contributed by atoms with Crippen molar-refractivity contribution in [1.82, 2.24) is 4.90 Å². The van der Waals surface area contributed by atoms with Gasteiger partial charge in [-0.2, -0.15) is 0 Å². The second-order valence-corrected chi connectivity index (χ2v) is 8.22. The number of ketones is 1. The molecule has 1 amide bonds. The zero-order chi connectivity index (χ0) is 22.8. The van der Waals surface area contributed by atoms with E-state index in [0.717, 1.165) is 11.1 Å². The second-order valence-electron chi connectivity index (χ2n) is 7.79. The number of nitrogens with zero attached hydrogens (tertiary/aromatic N) is 1. The Morgan fingerprint density at radius 2 is 1.59 bits per heavy atom. The average molecular weight is 450 g/mol. The quantitative estimate of drug-likeness (QED) is 0.320. The van der Waals surface area contributed by atoms with Crippen molar-refractivity contribution in [2.45, 2.75) is 19.4 Å². The molecule has 1 aliphatic heterocycles. The Kier molecular flexibility index (Phi) is 6.10. The number of rotatable bonds is 5. The molecule has 162 valence electrons. The number of aryl methyl sites for hydroxylation is 1. The first-order chi connectivity index (χ1) is 15.3. The first kappa shape index (κ1) is 21.8. The molecule has 0 bridgehead atoms. The van der Waals surface area contributed by atoms with Crippen molar-refractivity contribution >= 4 is 29.1 Å². The van der Waals surface area contributed by atoms with Gasteiger partial charge in [0, 0.05) is 17.1 Å². The van der Waals surface area contributed by atoms with Crippen LogP contribution < -0.4 is 0 Å². The van der Waals surface area contributed by atoms with E-state index in [1.54, 1.807) is 48.5 Å². The molecule has 3 aromatic carbocycles. The molecular formula is C26H21ClFNO3. The summed E-state index contributed by atoms with van der Waals surface area (Å²) in [5.41, 5.74) is 3.02. The fourth-order valence-electron chi connectivity index (χ4n) is 3.87. The van der Waals surface area contributed by atoms with E-state index >= 15 is 0 Å². The number of Topliss-reactive ketones (excluding diaryl/α,β-unsaturated/α-hetero) is 1. The lowest BCUT2D eigenvalue weighted by Crippen LogP contribution is -2.31. The predicted molar refractivity (Wildman–Crippen MR) is 122 cm³/mol. The van der Waals surface area contributed by atoms with Crippen molar-refractivity contribution in [3.63, 3.8) is 0 Å². The zero-order valence-electron chi connectivity index (χ0n) is 17.4. The van der Waals surface area contributed by atoms with Crippen molar-refractivity contribution in [3.05, 3.63) is 111 Å². The largest absolute Gasteiger partial charge is 0.507 e. The summed E-state index contributed by atoms with van der Waals surface area (Å²) in [4.78, 5) is 27.4. The number of halogens is 2. The number of hydrogen-bond donors (Lipinski definition) is 1. The lowest BCUT2D eigenvalue weighted by Gasteiger charge is -2.25. The fourth-order valence-corrected chi connectivity index (χ4v) is 4.00. The van der Waals surface area contributed by atoms with Gasteiger partial charge >= 0.3 is 0 Å². The van der Waals surface area contributed by atoms with Crippen LogP contribution in [-0.4, -0.2) is 28.2 Å². The molecular weight excluding hydrogens is 429 g/mol. The van der Waals surface area contributed by atoms with Crippen molar-refractivity contribution in [2.75, 3.05) is 6.54 Å². The third-order valence-electron chi connectivity index (χ3n) is 5.61. The highest BCUT2D eigenvalue weighted by molar-refractivity contribution is 6.46. The Bertz CT molecular complexity index is 1190. The monoisotopic (exact) mass is 449 g/mol. The second kappa shape index (κ2) is 8.97. The standard InChI is InChI=1S/C26H21ClFNO3/c1-16-2-6-19(7-3-16)24(30)22-23(18-8-10-20(27)11-9-18)29(26(32)25(22)31)15-14-17-4-12-21(28)13-5-17/h2-13,23,30H,14-15H2,1H3/b24-22-. The van der Waals surface area contributed by atoms with Gasteiger partial charge in [-0.1, -0.05) is 65.7 Å². The van der Waals surface area contributed by atoms with Gasteiger partial charge in [0.25, 0.3) is 11.7 Å². The first-order valence-electron chi connectivity index (χ1n) is 10.2. The van der Waals surface area contributed by atoms with Crippen LogP contribution in [0.2, 0.25) is 5.02 Å². The summed E-state index contributed by atoms with van der Waals surface area (Å²) < 4.78 is 13.2.